The summed E-state index contributed by atoms with van der Waals surface area (Å²) in [5.41, 5.74) is 1.38. The van der Waals surface area contributed by atoms with Crippen molar-refractivity contribution in [2.45, 2.75) is 6.61 Å². The minimum absolute atomic E-state index is 0.207. The van der Waals surface area contributed by atoms with Crippen LogP contribution in [0, 0.1) is 5.82 Å². The molecule has 0 aliphatic rings. The number of aliphatic carboxylic acids is 1. The first-order valence-electron chi connectivity index (χ1n) is 6.55. The number of rotatable bonds is 6. The molecule has 22 heavy (non-hydrogen) atoms. The Hall–Kier alpha value is -2.82. The number of ether oxygens (including phenoxy) is 2. The van der Waals surface area contributed by atoms with E-state index in [9.17, 15) is 9.18 Å². The quantitative estimate of drug-likeness (QED) is 0.830. The summed E-state index contributed by atoms with van der Waals surface area (Å²) in [6.45, 7) is 0.207. The van der Waals surface area contributed by atoms with Crippen LogP contribution in [0.15, 0.2) is 48.5 Å². The van der Waals surface area contributed by atoms with Gasteiger partial charge in [0.05, 0.1) is 7.11 Å². The van der Waals surface area contributed by atoms with Crippen molar-refractivity contribution in [1.29, 1.82) is 0 Å². The number of carbonyl (C=O) groups is 1. The van der Waals surface area contributed by atoms with Gasteiger partial charge in [-0.2, -0.15) is 0 Å². The normalized spacial score (nSPS) is 10.6. The molecular formula is C17H15FO4. The van der Waals surface area contributed by atoms with E-state index in [-0.39, 0.29) is 12.4 Å². The smallest absolute Gasteiger partial charge is 0.328 e. The fourth-order valence-corrected chi connectivity index (χ4v) is 1.86. The van der Waals surface area contributed by atoms with Gasteiger partial charge in [-0.3, -0.25) is 0 Å². The highest BCUT2D eigenvalue weighted by atomic mass is 19.1. The number of methoxy groups -OCH3 is 1. The zero-order valence-electron chi connectivity index (χ0n) is 12.0. The lowest BCUT2D eigenvalue weighted by Crippen LogP contribution is -1.98. The van der Waals surface area contributed by atoms with Gasteiger partial charge in [0.25, 0.3) is 0 Å². The van der Waals surface area contributed by atoms with Crippen molar-refractivity contribution in [2.24, 2.45) is 0 Å². The highest BCUT2D eigenvalue weighted by Gasteiger charge is 2.06. The van der Waals surface area contributed by atoms with E-state index in [0.29, 0.717) is 22.6 Å². The third-order valence-corrected chi connectivity index (χ3v) is 2.89. The van der Waals surface area contributed by atoms with Gasteiger partial charge in [0.2, 0.25) is 0 Å². The number of hydrogen-bond donors (Lipinski definition) is 1. The summed E-state index contributed by atoms with van der Waals surface area (Å²) in [4.78, 5) is 10.5. The summed E-state index contributed by atoms with van der Waals surface area (Å²) >= 11 is 0. The molecule has 0 spiro atoms. The van der Waals surface area contributed by atoms with Crippen molar-refractivity contribution in [3.05, 3.63) is 65.5 Å². The van der Waals surface area contributed by atoms with Gasteiger partial charge in [-0.15, -0.1) is 0 Å². The molecule has 0 saturated heterocycles. The van der Waals surface area contributed by atoms with E-state index in [2.05, 4.69) is 0 Å². The molecule has 4 nitrogen and oxygen atoms in total. The van der Waals surface area contributed by atoms with Crippen molar-refractivity contribution in [3.8, 4) is 11.5 Å². The van der Waals surface area contributed by atoms with E-state index in [1.165, 1.54) is 25.3 Å². The van der Waals surface area contributed by atoms with Crippen LogP contribution in [0.2, 0.25) is 0 Å². The predicted octanol–water partition coefficient (Wildman–Crippen LogP) is 3.51. The summed E-state index contributed by atoms with van der Waals surface area (Å²) in [6, 6.07) is 11.2. The van der Waals surface area contributed by atoms with Gasteiger partial charge in [-0.05, 0) is 41.5 Å². The third-order valence-electron chi connectivity index (χ3n) is 2.89. The summed E-state index contributed by atoms with van der Waals surface area (Å²) < 4.78 is 23.9. The molecule has 0 atom stereocenters. The van der Waals surface area contributed by atoms with Crippen LogP contribution in [-0.2, 0) is 11.4 Å². The van der Waals surface area contributed by atoms with Crippen LogP contribution in [0.4, 0.5) is 4.39 Å². The van der Waals surface area contributed by atoms with Gasteiger partial charge in [0.15, 0.2) is 11.5 Å². The van der Waals surface area contributed by atoms with Gasteiger partial charge in [-0.1, -0.05) is 18.2 Å². The van der Waals surface area contributed by atoms with Crippen molar-refractivity contribution in [1.82, 2.24) is 0 Å². The molecule has 0 aromatic heterocycles. The maximum absolute atomic E-state index is 13.1. The molecule has 2 rings (SSSR count). The summed E-state index contributed by atoms with van der Waals surface area (Å²) in [7, 11) is 1.50. The minimum atomic E-state index is -1.02. The Balaban J connectivity index is 2.12. The predicted molar refractivity (Wildman–Crippen MR) is 80.4 cm³/mol. The van der Waals surface area contributed by atoms with E-state index in [1.54, 1.807) is 30.3 Å². The summed E-state index contributed by atoms with van der Waals surface area (Å²) in [5.74, 6) is -0.365. The largest absolute Gasteiger partial charge is 0.493 e. The standard InChI is InChI=1S/C17H15FO4/c1-21-16-10-12(6-8-17(19)20)5-7-15(16)22-11-13-3-2-4-14(18)9-13/h2-10H,11H2,1H3,(H,19,20)/b8-6+. The first kappa shape index (κ1) is 15.6. The van der Waals surface area contributed by atoms with Crippen LogP contribution in [-0.4, -0.2) is 18.2 Å². The van der Waals surface area contributed by atoms with E-state index < -0.39 is 5.97 Å². The molecule has 2 aromatic rings. The lowest BCUT2D eigenvalue weighted by Gasteiger charge is -2.11. The van der Waals surface area contributed by atoms with Crippen molar-refractivity contribution < 1.29 is 23.8 Å². The molecule has 0 saturated carbocycles. The molecule has 0 heterocycles. The first-order valence-corrected chi connectivity index (χ1v) is 6.55. The van der Waals surface area contributed by atoms with Gasteiger partial charge >= 0.3 is 5.97 Å². The number of carboxylic acids is 1. The number of benzene rings is 2. The van der Waals surface area contributed by atoms with Crippen LogP contribution in [0.25, 0.3) is 6.08 Å². The Morgan fingerprint density at radius 3 is 2.73 bits per heavy atom. The van der Waals surface area contributed by atoms with Gasteiger partial charge in [0.1, 0.15) is 12.4 Å². The second kappa shape index (κ2) is 7.26. The molecule has 0 fully saturated rings. The Kier molecular flexibility index (Phi) is 5.14. The molecule has 1 N–H and O–H groups in total. The van der Waals surface area contributed by atoms with Crippen LogP contribution < -0.4 is 9.47 Å². The molecule has 5 heteroatoms. The molecule has 114 valence electrons. The fraction of sp³-hybridized carbons (Fsp3) is 0.118. The highest BCUT2D eigenvalue weighted by molar-refractivity contribution is 5.85. The Bertz CT molecular complexity index is 695. The van der Waals surface area contributed by atoms with Crippen LogP contribution in [0.3, 0.4) is 0 Å². The first-order chi connectivity index (χ1) is 10.6. The van der Waals surface area contributed by atoms with E-state index in [0.717, 1.165) is 6.08 Å². The van der Waals surface area contributed by atoms with Gasteiger partial charge in [0, 0.05) is 6.08 Å². The fourth-order valence-electron chi connectivity index (χ4n) is 1.86. The molecule has 0 amide bonds. The molecule has 0 bridgehead atoms. The number of carboxylic acid groups (broad SMARTS) is 1. The van der Waals surface area contributed by atoms with E-state index >= 15 is 0 Å². The second-order valence-electron chi connectivity index (χ2n) is 4.50. The summed E-state index contributed by atoms with van der Waals surface area (Å²) in [6.07, 6.45) is 2.50. The van der Waals surface area contributed by atoms with E-state index in [1.807, 2.05) is 0 Å². The second-order valence-corrected chi connectivity index (χ2v) is 4.50. The Morgan fingerprint density at radius 2 is 2.05 bits per heavy atom. The van der Waals surface area contributed by atoms with Crippen LogP contribution in [0.5, 0.6) is 11.5 Å². The monoisotopic (exact) mass is 302 g/mol. The van der Waals surface area contributed by atoms with Crippen molar-refractivity contribution >= 4 is 12.0 Å². The van der Waals surface area contributed by atoms with Crippen molar-refractivity contribution in [3.63, 3.8) is 0 Å². The summed E-state index contributed by atoms with van der Waals surface area (Å²) in [5, 5.41) is 8.62. The SMILES string of the molecule is COc1cc(/C=C/C(=O)O)ccc1OCc1cccc(F)c1. The third kappa shape index (κ3) is 4.34. The van der Waals surface area contributed by atoms with Gasteiger partial charge < -0.3 is 14.6 Å². The highest BCUT2D eigenvalue weighted by Crippen LogP contribution is 2.29. The average Bonchev–Trinajstić information content (AvgIpc) is 2.51. The Labute approximate surface area is 127 Å². The topological polar surface area (TPSA) is 55.8 Å². The maximum atomic E-state index is 13.1. The van der Waals surface area contributed by atoms with E-state index in [4.69, 9.17) is 14.6 Å². The Morgan fingerprint density at radius 1 is 1.23 bits per heavy atom. The lowest BCUT2D eigenvalue weighted by molar-refractivity contribution is -0.131. The minimum Gasteiger partial charge on any atom is -0.493 e. The number of hydrogen-bond acceptors (Lipinski definition) is 3. The molecule has 0 aliphatic heterocycles. The zero-order chi connectivity index (χ0) is 15.9. The molecule has 2 aromatic carbocycles. The average molecular weight is 302 g/mol. The van der Waals surface area contributed by atoms with Crippen LogP contribution in [0.1, 0.15) is 11.1 Å². The molecule has 0 unspecified atom stereocenters. The molecular weight excluding hydrogens is 287 g/mol. The molecule has 0 radical (unpaired) electrons. The lowest BCUT2D eigenvalue weighted by atomic mass is 10.2. The number of halogens is 1. The molecule has 0 aliphatic carbocycles. The van der Waals surface area contributed by atoms with Crippen molar-refractivity contribution in [2.75, 3.05) is 7.11 Å². The van der Waals surface area contributed by atoms with Gasteiger partial charge in [-0.25, -0.2) is 9.18 Å². The van der Waals surface area contributed by atoms with Crippen LogP contribution >= 0.6 is 0 Å². The maximum Gasteiger partial charge on any atom is 0.328 e. The zero-order valence-corrected chi connectivity index (χ0v) is 12.0.